The number of hydrogen-bond acceptors (Lipinski definition) is 3. The van der Waals surface area contributed by atoms with E-state index in [0.29, 0.717) is 24.9 Å². The number of hydrogen-bond donors (Lipinski definition) is 1. The average molecular weight is 338 g/mol. The van der Waals surface area contributed by atoms with Crippen LogP contribution < -0.4 is 5.32 Å². The molecule has 0 radical (unpaired) electrons. The van der Waals surface area contributed by atoms with Gasteiger partial charge in [0, 0.05) is 23.5 Å². The lowest BCUT2D eigenvalue weighted by atomic mass is 10.0. The number of nitrogens with one attached hydrogen (secondary N) is 1. The van der Waals surface area contributed by atoms with Gasteiger partial charge in [0.05, 0.1) is 12.7 Å². The lowest BCUT2D eigenvalue weighted by Gasteiger charge is -2.28. The Kier molecular flexibility index (Phi) is 5.09. The van der Waals surface area contributed by atoms with Crippen molar-refractivity contribution in [3.63, 3.8) is 0 Å². The van der Waals surface area contributed by atoms with Gasteiger partial charge in [-0.1, -0.05) is 44.2 Å². The predicted octanol–water partition coefficient (Wildman–Crippen LogP) is 3.83. The topological polar surface area (TPSA) is 45.5 Å². The van der Waals surface area contributed by atoms with Crippen LogP contribution in [0.5, 0.6) is 0 Å². The van der Waals surface area contributed by atoms with Crippen molar-refractivity contribution in [2.75, 3.05) is 20.6 Å². The standard InChI is InChI=1S/C21H26N2O2/c1-14(2)18(23(3)4)12-22-20(24)11-16-13-25-19-10-9-15-7-5-6-8-17(15)21(16)19/h5-10,13-14,18H,11-12H2,1-4H3,(H,22,24)/t18-/m1/s1. The number of carbonyl (C=O) groups excluding carboxylic acids is 1. The molecule has 1 heterocycles. The summed E-state index contributed by atoms with van der Waals surface area (Å²) in [5.74, 6) is 0.511. The smallest absolute Gasteiger partial charge is 0.224 e. The largest absolute Gasteiger partial charge is 0.464 e. The van der Waals surface area contributed by atoms with Gasteiger partial charge in [-0.15, -0.1) is 0 Å². The molecule has 0 fully saturated rings. The molecule has 0 spiro atoms. The number of rotatable bonds is 6. The zero-order chi connectivity index (χ0) is 18.0. The summed E-state index contributed by atoms with van der Waals surface area (Å²) in [7, 11) is 4.10. The van der Waals surface area contributed by atoms with Crippen LogP contribution >= 0.6 is 0 Å². The first-order valence-electron chi connectivity index (χ1n) is 8.78. The predicted molar refractivity (Wildman–Crippen MR) is 103 cm³/mol. The van der Waals surface area contributed by atoms with Gasteiger partial charge < -0.3 is 14.6 Å². The average Bonchev–Trinajstić information content (AvgIpc) is 2.97. The second-order valence-electron chi connectivity index (χ2n) is 7.18. The minimum Gasteiger partial charge on any atom is -0.464 e. The van der Waals surface area contributed by atoms with E-state index in [-0.39, 0.29) is 5.91 Å². The van der Waals surface area contributed by atoms with Gasteiger partial charge in [0.2, 0.25) is 5.91 Å². The van der Waals surface area contributed by atoms with Crippen molar-refractivity contribution < 1.29 is 9.21 Å². The van der Waals surface area contributed by atoms with Crippen LogP contribution in [0.1, 0.15) is 19.4 Å². The van der Waals surface area contributed by atoms with Crippen LogP contribution in [0.2, 0.25) is 0 Å². The molecule has 0 aliphatic rings. The van der Waals surface area contributed by atoms with Crippen molar-refractivity contribution >= 4 is 27.6 Å². The molecule has 3 aromatic rings. The molecule has 0 aliphatic carbocycles. The zero-order valence-electron chi connectivity index (χ0n) is 15.4. The molecule has 3 rings (SSSR count). The number of likely N-dealkylation sites (N-methyl/N-ethyl adjacent to an activating group) is 1. The maximum atomic E-state index is 12.5. The summed E-state index contributed by atoms with van der Waals surface area (Å²) in [5.41, 5.74) is 1.77. The van der Waals surface area contributed by atoms with Crippen molar-refractivity contribution in [2.24, 2.45) is 5.92 Å². The zero-order valence-corrected chi connectivity index (χ0v) is 15.4. The van der Waals surface area contributed by atoms with E-state index < -0.39 is 0 Å². The van der Waals surface area contributed by atoms with Gasteiger partial charge >= 0.3 is 0 Å². The fourth-order valence-corrected chi connectivity index (χ4v) is 3.47. The first-order chi connectivity index (χ1) is 12.0. The highest BCUT2D eigenvalue weighted by molar-refractivity contribution is 6.08. The highest BCUT2D eigenvalue weighted by atomic mass is 16.3. The molecule has 1 amide bonds. The van der Waals surface area contributed by atoms with E-state index in [2.05, 4.69) is 42.3 Å². The van der Waals surface area contributed by atoms with Crippen molar-refractivity contribution in [1.82, 2.24) is 10.2 Å². The van der Waals surface area contributed by atoms with Crippen molar-refractivity contribution in [1.29, 1.82) is 0 Å². The van der Waals surface area contributed by atoms with E-state index in [1.165, 1.54) is 0 Å². The third kappa shape index (κ3) is 3.69. The molecule has 4 nitrogen and oxygen atoms in total. The molecule has 0 aliphatic heterocycles. The summed E-state index contributed by atoms with van der Waals surface area (Å²) in [6.45, 7) is 5.00. The number of benzene rings is 2. The van der Waals surface area contributed by atoms with Crippen LogP contribution in [0.15, 0.2) is 47.1 Å². The third-order valence-electron chi connectivity index (χ3n) is 4.83. The molecule has 1 aromatic heterocycles. The summed E-state index contributed by atoms with van der Waals surface area (Å²) >= 11 is 0. The number of amides is 1. The summed E-state index contributed by atoms with van der Waals surface area (Å²) in [5, 5.41) is 6.40. The maximum Gasteiger partial charge on any atom is 0.224 e. The second kappa shape index (κ2) is 7.28. The van der Waals surface area contributed by atoms with Crippen LogP contribution in [0.4, 0.5) is 0 Å². The molecule has 4 heteroatoms. The van der Waals surface area contributed by atoms with Gasteiger partial charge in [-0.3, -0.25) is 4.79 Å². The molecular formula is C21H26N2O2. The Labute approximate surface area is 148 Å². The minimum absolute atomic E-state index is 0.0307. The highest BCUT2D eigenvalue weighted by Gasteiger charge is 2.18. The molecule has 0 bridgehead atoms. The molecule has 0 saturated carbocycles. The summed E-state index contributed by atoms with van der Waals surface area (Å²) in [6.07, 6.45) is 2.04. The molecule has 25 heavy (non-hydrogen) atoms. The number of nitrogens with zero attached hydrogens (tertiary/aromatic N) is 1. The molecular weight excluding hydrogens is 312 g/mol. The second-order valence-corrected chi connectivity index (χ2v) is 7.18. The van der Waals surface area contributed by atoms with E-state index in [0.717, 1.165) is 27.3 Å². The SMILES string of the molecule is CC(C)[C@@H](CNC(=O)Cc1coc2ccc3ccccc3c12)N(C)C. The monoisotopic (exact) mass is 338 g/mol. The Balaban J connectivity index is 1.79. The van der Waals surface area contributed by atoms with Crippen molar-refractivity contribution in [3.8, 4) is 0 Å². The van der Waals surface area contributed by atoms with Crippen LogP contribution in [-0.4, -0.2) is 37.5 Å². The fourth-order valence-electron chi connectivity index (χ4n) is 3.47. The highest BCUT2D eigenvalue weighted by Crippen LogP contribution is 2.30. The number of carbonyl (C=O) groups is 1. The Morgan fingerprint density at radius 1 is 1.16 bits per heavy atom. The number of fused-ring (bicyclic) bond motifs is 3. The quantitative estimate of drug-likeness (QED) is 0.743. The molecule has 2 aromatic carbocycles. The van der Waals surface area contributed by atoms with E-state index in [1.54, 1.807) is 6.26 Å². The first kappa shape index (κ1) is 17.5. The molecule has 0 unspecified atom stereocenters. The van der Waals surface area contributed by atoms with Crippen molar-refractivity contribution in [2.45, 2.75) is 26.3 Å². The van der Waals surface area contributed by atoms with Gasteiger partial charge in [0.15, 0.2) is 0 Å². The van der Waals surface area contributed by atoms with Crippen molar-refractivity contribution in [3.05, 3.63) is 48.2 Å². The summed E-state index contributed by atoms with van der Waals surface area (Å²) < 4.78 is 5.67. The summed E-state index contributed by atoms with van der Waals surface area (Å²) in [4.78, 5) is 14.6. The van der Waals surface area contributed by atoms with Gasteiger partial charge in [-0.2, -0.15) is 0 Å². The third-order valence-corrected chi connectivity index (χ3v) is 4.83. The Morgan fingerprint density at radius 3 is 2.64 bits per heavy atom. The molecule has 132 valence electrons. The van der Waals surface area contributed by atoms with Gasteiger partial charge in [0.1, 0.15) is 5.58 Å². The first-order valence-corrected chi connectivity index (χ1v) is 8.78. The van der Waals surface area contributed by atoms with Crippen LogP contribution in [-0.2, 0) is 11.2 Å². The molecule has 1 atom stereocenters. The summed E-state index contributed by atoms with van der Waals surface area (Å²) in [6, 6.07) is 12.5. The van der Waals surface area contributed by atoms with Crippen LogP contribution in [0.25, 0.3) is 21.7 Å². The van der Waals surface area contributed by atoms with Gasteiger partial charge in [-0.25, -0.2) is 0 Å². The van der Waals surface area contributed by atoms with Crippen LogP contribution in [0, 0.1) is 5.92 Å². The van der Waals surface area contributed by atoms with Gasteiger partial charge in [0.25, 0.3) is 0 Å². The lowest BCUT2D eigenvalue weighted by Crippen LogP contribution is -2.43. The number of furan rings is 1. The normalized spacial score (nSPS) is 13.0. The van der Waals surface area contributed by atoms with Gasteiger partial charge in [-0.05, 0) is 36.9 Å². The Morgan fingerprint density at radius 2 is 1.92 bits per heavy atom. The minimum atomic E-state index is 0.0307. The van der Waals surface area contributed by atoms with E-state index >= 15 is 0 Å². The van der Waals surface area contributed by atoms with E-state index in [4.69, 9.17) is 4.42 Å². The maximum absolute atomic E-state index is 12.5. The fraction of sp³-hybridized carbons (Fsp3) is 0.381. The van der Waals surface area contributed by atoms with E-state index in [1.807, 2.05) is 32.3 Å². The Hall–Kier alpha value is -2.33. The van der Waals surface area contributed by atoms with E-state index in [9.17, 15) is 4.79 Å². The molecule has 0 saturated heterocycles. The van der Waals surface area contributed by atoms with Crippen LogP contribution in [0.3, 0.4) is 0 Å². The lowest BCUT2D eigenvalue weighted by molar-refractivity contribution is -0.120. The molecule has 1 N–H and O–H groups in total. The Bertz CT molecular complexity index is 872.